The Morgan fingerprint density at radius 3 is 2.95 bits per heavy atom. The maximum absolute atomic E-state index is 11.8. The van der Waals surface area contributed by atoms with E-state index in [1.165, 1.54) is 11.3 Å². The number of hydrogen-bond donors (Lipinski definition) is 2. The third-order valence-corrected chi connectivity index (χ3v) is 4.84. The lowest BCUT2D eigenvalue weighted by Crippen LogP contribution is -2.38. The van der Waals surface area contributed by atoms with Crippen molar-refractivity contribution in [1.82, 2.24) is 15.5 Å². The Morgan fingerprint density at radius 2 is 2.33 bits per heavy atom. The van der Waals surface area contributed by atoms with E-state index >= 15 is 0 Å². The summed E-state index contributed by atoms with van der Waals surface area (Å²) in [5.74, 6) is 0.225. The number of carbonyl (C=O) groups is 2. The van der Waals surface area contributed by atoms with Crippen LogP contribution in [0.5, 0.6) is 0 Å². The van der Waals surface area contributed by atoms with Crippen LogP contribution in [0.2, 0.25) is 4.34 Å². The van der Waals surface area contributed by atoms with Gasteiger partial charge in [-0.3, -0.25) is 4.79 Å². The zero-order valence-corrected chi connectivity index (χ0v) is 13.6. The third kappa shape index (κ3) is 4.89. The number of urea groups is 1. The molecule has 0 radical (unpaired) electrons. The molecular formula is C14H20ClN3O2S. The van der Waals surface area contributed by atoms with Gasteiger partial charge in [0.15, 0.2) is 0 Å². The number of rotatable bonds is 6. The molecular weight excluding hydrogens is 310 g/mol. The van der Waals surface area contributed by atoms with E-state index in [9.17, 15) is 9.59 Å². The summed E-state index contributed by atoms with van der Waals surface area (Å²) in [4.78, 5) is 26.1. The molecule has 7 heteroatoms. The van der Waals surface area contributed by atoms with Gasteiger partial charge in [-0.1, -0.05) is 11.6 Å². The van der Waals surface area contributed by atoms with Gasteiger partial charge in [-0.25, -0.2) is 4.79 Å². The van der Waals surface area contributed by atoms with Gasteiger partial charge in [0.25, 0.3) is 0 Å². The summed E-state index contributed by atoms with van der Waals surface area (Å²) in [6.07, 6.45) is 2.39. The third-order valence-electron chi connectivity index (χ3n) is 3.43. The normalized spacial score (nSPS) is 16.1. The Morgan fingerprint density at radius 1 is 1.52 bits per heavy atom. The van der Waals surface area contributed by atoms with Crippen LogP contribution in [0.25, 0.3) is 0 Å². The summed E-state index contributed by atoms with van der Waals surface area (Å²) < 4.78 is 0.717. The van der Waals surface area contributed by atoms with E-state index in [0.29, 0.717) is 17.3 Å². The van der Waals surface area contributed by atoms with Crippen molar-refractivity contribution in [3.8, 4) is 0 Å². The molecule has 0 aromatic carbocycles. The maximum atomic E-state index is 11.8. The van der Waals surface area contributed by atoms with Gasteiger partial charge in [-0.15, -0.1) is 11.3 Å². The molecule has 1 atom stereocenters. The van der Waals surface area contributed by atoms with Crippen LogP contribution in [0, 0.1) is 0 Å². The zero-order valence-electron chi connectivity index (χ0n) is 12.0. The first-order valence-electron chi connectivity index (χ1n) is 7.13. The molecule has 21 heavy (non-hydrogen) atoms. The SMILES string of the molecule is CC(NC(=O)NCCCN1CCCC1=O)c1ccc(Cl)s1. The minimum absolute atomic E-state index is 0.0670. The molecule has 1 aromatic rings. The van der Waals surface area contributed by atoms with Crippen molar-refractivity contribution in [3.05, 3.63) is 21.3 Å². The molecule has 1 aliphatic heterocycles. The van der Waals surface area contributed by atoms with Crippen molar-refractivity contribution >= 4 is 34.9 Å². The standard InChI is InChI=1S/C14H20ClN3O2S/c1-10(11-5-6-12(15)21-11)17-14(20)16-7-3-9-18-8-2-4-13(18)19/h5-6,10H,2-4,7-9H2,1H3,(H2,16,17,20). The van der Waals surface area contributed by atoms with E-state index in [2.05, 4.69) is 10.6 Å². The number of halogens is 1. The van der Waals surface area contributed by atoms with Crippen LogP contribution < -0.4 is 10.6 Å². The average Bonchev–Trinajstić information content (AvgIpc) is 3.04. The molecule has 0 saturated carbocycles. The van der Waals surface area contributed by atoms with Crippen LogP contribution in [0.1, 0.15) is 37.1 Å². The molecule has 0 aliphatic carbocycles. The first kappa shape index (κ1) is 16.1. The lowest BCUT2D eigenvalue weighted by Gasteiger charge is -2.16. The van der Waals surface area contributed by atoms with Crippen LogP contribution in [-0.2, 0) is 4.79 Å². The fourth-order valence-electron chi connectivity index (χ4n) is 2.29. The number of nitrogens with one attached hydrogen (secondary N) is 2. The molecule has 1 fully saturated rings. The van der Waals surface area contributed by atoms with Crippen LogP contribution in [0.15, 0.2) is 12.1 Å². The van der Waals surface area contributed by atoms with Gasteiger partial charge in [0.2, 0.25) is 5.91 Å². The molecule has 2 heterocycles. The van der Waals surface area contributed by atoms with E-state index in [1.54, 1.807) is 0 Å². The van der Waals surface area contributed by atoms with Gasteiger partial charge in [0.05, 0.1) is 10.4 Å². The highest BCUT2D eigenvalue weighted by Gasteiger charge is 2.19. The van der Waals surface area contributed by atoms with E-state index in [0.717, 1.165) is 30.8 Å². The predicted molar refractivity (Wildman–Crippen MR) is 84.7 cm³/mol. The number of thiophene rings is 1. The minimum atomic E-state index is -0.195. The van der Waals surface area contributed by atoms with Crippen molar-refractivity contribution < 1.29 is 9.59 Å². The second-order valence-electron chi connectivity index (χ2n) is 5.10. The topological polar surface area (TPSA) is 61.4 Å². The van der Waals surface area contributed by atoms with Crippen LogP contribution in [-0.4, -0.2) is 36.5 Å². The summed E-state index contributed by atoms with van der Waals surface area (Å²) in [5.41, 5.74) is 0. The largest absolute Gasteiger partial charge is 0.343 e. The number of hydrogen-bond acceptors (Lipinski definition) is 3. The Bertz CT molecular complexity index is 506. The molecule has 2 rings (SSSR count). The van der Waals surface area contributed by atoms with E-state index in [-0.39, 0.29) is 18.0 Å². The second kappa shape index (κ2) is 7.66. The van der Waals surface area contributed by atoms with E-state index in [4.69, 9.17) is 11.6 Å². The predicted octanol–water partition coefficient (Wildman–Crippen LogP) is 2.77. The summed E-state index contributed by atoms with van der Waals surface area (Å²) in [5, 5.41) is 5.68. The van der Waals surface area contributed by atoms with Crippen molar-refractivity contribution in [1.29, 1.82) is 0 Å². The molecule has 1 saturated heterocycles. The van der Waals surface area contributed by atoms with Crippen molar-refractivity contribution in [2.75, 3.05) is 19.6 Å². The van der Waals surface area contributed by atoms with Gasteiger partial charge < -0.3 is 15.5 Å². The van der Waals surface area contributed by atoms with Crippen LogP contribution in [0.3, 0.4) is 0 Å². The van der Waals surface area contributed by atoms with Crippen molar-refractivity contribution in [2.45, 2.75) is 32.2 Å². The summed E-state index contributed by atoms with van der Waals surface area (Å²) in [7, 11) is 0. The summed E-state index contributed by atoms with van der Waals surface area (Å²) in [6.45, 7) is 4.05. The maximum Gasteiger partial charge on any atom is 0.315 e. The number of amides is 3. The number of likely N-dealkylation sites (tertiary alicyclic amines) is 1. The fraction of sp³-hybridized carbons (Fsp3) is 0.571. The molecule has 0 bridgehead atoms. The molecule has 5 nitrogen and oxygen atoms in total. The van der Waals surface area contributed by atoms with Gasteiger partial charge >= 0.3 is 6.03 Å². The fourth-order valence-corrected chi connectivity index (χ4v) is 3.36. The van der Waals surface area contributed by atoms with Crippen LogP contribution >= 0.6 is 22.9 Å². The first-order chi connectivity index (χ1) is 10.1. The highest BCUT2D eigenvalue weighted by Crippen LogP contribution is 2.26. The van der Waals surface area contributed by atoms with Gasteiger partial charge in [-0.05, 0) is 31.9 Å². The van der Waals surface area contributed by atoms with E-state index < -0.39 is 0 Å². The minimum Gasteiger partial charge on any atom is -0.343 e. The molecule has 1 unspecified atom stereocenters. The Labute approximate surface area is 133 Å². The zero-order chi connectivity index (χ0) is 15.2. The average molecular weight is 330 g/mol. The van der Waals surface area contributed by atoms with Gasteiger partial charge in [0, 0.05) is 30.9 Å². The lowest BCUT2D eigenvalue weighted by atomic mass is 10.3. The lowest BCUT2D eigenvalue weighted by molar-refractivity contribution is -0.127. The quantitative estimate of drug-likeness (QED) is 0.788. The molecule has 0 spiro atoms. The van der Waals surface area contributed by atoms with Crippen LogP contribution in [0.4, 0.5) is 4.79 Å². The smallest absolute Gasteiger partial charge is 0.315 e. The molecule has 1 aromatic heterocycles. The molecule has 1 aliphatic rings. The summed E-state index contributed by atoms with van der Waals surface area (Å²) in [6, 6.07) is 3.48. The Balaban J connectivity index is 1.62. The first-order valence-corrected chi connectivity index (χ1v) is 8.33. The second-order valence-corrected chi connectivity index (χ2v) is 6.85. The highest BCUT2D eigenvalue weighted by molar-refractivity contribution is 7.16. The van der Waals surface area contributed by atoms with Gasteiger partial charge in [0.1, 0.15) is 0 Å². The van der Waals surface area contributed by atoms with E-state index in [1.807, 2.05) is 24.0 Å². The van der Waals surface area contributed by atoms with Crippen molar-refractivity contribution in [2.24, 2.45) is 0 Å². The highest BCUT2D eigenvalue weighted by atomic mass is 35.5. The Hall–Kier alpha value is -1.27. The molecule has 3 amide bonds. The molecule has 2 N–H and O–H groups in total. The Kier molecular flexibility index (Phi) is 5.87. The monoisotopic (exact) mass is 329 g/mol. The molecule has 116 valence electrons. The number of nitrogens with zero attached hydrogens (tertiary/aromatic N) is 1. The number of carbonyl (C=O) groups excluding carboxylic acids is 2. The summed E-state index contributed by atoms with van der Waals surface area (Å²) >= 11 is 7.34. The van der Waals surface area contributed by atoms with Gasteiger partial charge in [-0.2, -0.15) is 0 Å². The van der Waals surface area contributed by atoms with Crippen molar-refractivity contribution in [3.63, 3.8) is 0 Å².